The molecule has 68 valence electrons. The molecule has 0 aliphatic heterocycles. The highest BCUT2D eigenvalue weighted by Gasteiger charge is 2.01. The third kappa shape index (κ3) is 1.14. The zero-order valence-corrected chi connectivity index (χ0v) is 8.21. The molecule has 0 bridgehead atoms. The van der Waals surface area contributed by atoms with Gasteiger partial charge in [-0.05, 0) is 35.0 Å². The van der Waals surface area contributed by atoms with E-state index in [1.165, 1.54) is 10.1 Å². The van der Waals surface area contributed by atoms with Gasteiger partial charge < -0.3 is 4.98 Å². The molecule has 0 aliphatic rings. The molecule has 0 spiro atoms. The highest BCUT2D eigenvalue weighted by Crippen LogP contribution is 2.25. The molecular weight excluding hydrogens is 192 g/mol. The van der Waals surface area contributed by atoms with Crippen molar-refractivity contribution in [2.24, 2.45) is 0 Å². The van der Waals surface area contributed by atoms with Crippen molar-refractivity contribution in [1.82, 2.24) is 9.97 Å². The molecule has 0 fully saturated rings. The average Bonchev–Trinajstić information content (AvgIpc) is 2.88. The van der Waals surface area contributed by atoms with E-state index >= 15 is 0 Å². The molecule has 3 rings (SSSR count). The Labute approximate surface area is 85.2 Å². The third-order valence-electron chi connectivity index (χ3n) is 2.22. The van der Waals surface area contributed by atoms with Gasteiger partial charge in [0.05, 0.1) is 0 Å². The van der Waals surface area contributed by atoms with Crippen LogP contribution in [0.15, 0.2) is 42.0 Å². The highest BCUT2D eigenvalue weighted by atomic mass is 32.1. The summed E-state index contributed by atoms with van der Waals surface area (Å²) in [5.41, 5.74) is 1.14. The van der Waals surface area contributed by atoms with E-state index in [2.05, 4.69) is 39.6 Å². The first-order chi connectivity index (χ1) is 6.93. The quantitative estimate of drug-likeness (QED) is 0.641. The molecule has 3 heteroatoms. The lowest BCUT2D eigenvalue weighted by Gasteiger charge is -1.96. The van der Waals surface area contributed by atoms with Gasteiger partial charge in [-0.25, -0.2) is 4.98 Å². The topological polar surface area (TPSA) is 28.7 Å². The van der Waals surface area contributed by atoms with Crippen LogP contribution in [0.3, 0.4) is 0 Å². The van der Waals surface area contributed by atoms with Crippen molar-refractivity contribution in [3.63, 3.8) is 0 Å². The largest absolute Gasteiger partial charge is 0.345 e. The van der Waals surface area contributed by atoms with Gasteiger partial charge in [0.25, 0.3) is 0 Å². The van der Waals surface area contributed by atoms with Crippen LogP contribution in [-0.2, 0) is 0 Å². The maximum absolute atomic E-state index is 4.23. The Morgan fingerprint density at radius 1 is 1.21 bits per heavy atom. The average molecular weight is 200 g/mol. The van der Waals surface area contributed by atoms with E-state index in [-0.39, 0.29) is 0 Å². The van der Waals surface area contributed by atoms with E-state index < -0.39 is 0 Å². The minimum atomic E-state index is 0.929. The lowest BCUT2D eigenvalue weighted by molar-refractivity contribution is 1.31. The summed E-state index contributed by atoms with van der Waals surface area (Å²) in [5.74, 6) is 0.929. The van der Waals surface area contributed by atoms with E-state index in [0.29, 0.717) is 0 Å². The van der Waals surface area contributed by atoms with Crippen LogP contribution in [0.5, 0.6) is 0 Å². The molecule has 1 N–H and O–H groups in total. The summed E-state index contributed by atoms with van der Waals surface area (Å²) >= 11 is 1.76. The number of thiophene rings is 1. The number of nitrogens with one attached hydrogen (secondary N) is 1. The summed E-state index contributed by atoms with van der Waals surface area (Å²) in [6.07, 6.45) is 3.61. The number of hydrogen-bond donors (Lipinski definition) is 1. The van der Waals surface area contributed by atoms with Crippen LogP contribution >= 0.6 is 11.3 Å². The summed E-state index contributed by atoms with van der Waals surface area (Å²) in [7, 11) is 0. The molecule has 14 heavy (non-hydrogen) atoms. The van der Waals surface area contributed by atoms with Gasteiger partial charge in [0, 0.05) is 22.7 Å². The van der Waals surface area contributed by atoms with Gasteiger partial charge in [0.15, 0.2) is 0 Å². The van der Waals surface area contributed by atoms with Crippen molar-refractivity contribution in [2.45, 2.75) is 0 Å². The molecule has 0 aliphatic carbocycles. The molecule has 0 unspecified atom stereocenters. The van der Waals surface area contributed by atoms with Crippen LogP contribution in [0.4, 0.5) is 0 Å². The van der Waals surface area contributed by atoms with Crippen LogP contribution < -0.4 is 0 Å². The zero-order chi connectivity index (χ0) is 9.38. The van der Waals surface area contributed by atoms with Crippen LogP contribution in [0.25, 0.3) is 21.5 Å². The Hall–Kier alpha value is -1.61. The lowest BCUT2D eigenvalue weighted by atomic mass is 10.1. The second-order valence-corrected chi connectivity index (χ2v) is 4.06. The van der Waals surface area contributed by atoms with Gasteiger partial charge in [-0.1, -0.05) is 0 Å². The lowest BCUT2D eigenvalue weighted by Crippen LogP contribution is -1.78. The molecule has 0 atom stereocenters. The number of benzene rings is 1. The summed E-state index contributed by atoms with van der Waals surface area (Å²) in [6.45, 7) is 0. The number of hydrogen-bond acceptors (Lipinski definition) is 2. The van der Waals surface area contributed by atoms with Crippen molar-refractivity contribution in [3.8, 4) is 11.4 Å². The number of fused-ring (bicyclic) bond motifs is 1. The highest BCUT2D eigenvalue weighted by molar-refractivity contribution is 7.17. The number of nitrogens with zero attached hydrogens (tertiary/aromatic N) is 1. The van der Waals surface area contributed by atoms with Crippen molar-refractivity contribution in [3.05, 3.63) is 42.0 Å². The first kappa shape index (κ1) is 7.76. The number of aromatic nitrogens is 2. The minimum absolute atomic E-state index is 0.929. The smallest absolute Gasteiger partial charge is 0.137 e. The predicted molar refractivity (Wildman–Crippen MR) is 59.4 cm³/mol. The number of imidazole rings is 1. The van der Waals surface area contributed by atoms with E-state index in [1.54, 1.807) is 17.5 Å². The predicted octanol–water partition coefficient (Wildman–Crippen LogP) is 3.29. The van der Waals surface area contributed by atoms with Crippen LogP contribution in [0, 0.1) is 0 Å². The number of aromatic amines is 1. The van der Waals surface area contributed by atoms with Crippen molar-refractivity contribution >= 4 is 21.4 Å². The molecule has 0 radical (unpaired) electrons. The Kier molecular flexibility index (Phi) is 1.64. The first-order valence-corrected chi connectivity index (χ1v) is 5.28. The maximum atomic E-state index is 4.23. The van der Waals surface area contributed by atoms with Gasteiger partial charge in [-0.15, -0.1) is 11.3 Å². The standard InChI is InChI=1S/C11H8N2S/c1-2-10-8(3-6-14-10)7-9(1)11-12-4-5-13-11/h1-7H,(H,12,13). The first-order valence-electron chi connectivity index (χ1n) is 4.40. The fraction of sp³-hybridized carbons (Fsp3) is 0. The van der Waals surface area contributed by atoms with Gasteiger partial charge in [0.2, 0.25) is 0 Å². The molecule has 2 heterocycles. The summed E-state index contributed by atoms with van der Waals surface area (Å²) in [6, 6.07) is 8.52. The van der Waals surface area contributed by atoms with Crippen LogP contribution in [0.1, 0.15) is 0 Å². The number of rotatable bonds is 1. The molecule has 3 aromatic rings. The fourth-order valence-electron chi connectivity index (χ4n) is 1.54. The SMILES string of the molecule is c1c[nH]c(-c2ccc3sccc3c2)n1. The van der Waals surface area contributed by atoms with Crippen molar-refractivity contribution < 1.29 is 0 Å². The third-order valence-corrected chi connectivity index (χ3v) is 3.12. The van der Waals surface area contributed by atoms with Gasteiger partial charge >= 0.3 is 0 Å². The van der Waals surface area contributed by atoms with Gasteiger partial charge in [-0.3, -0.25) is 0 Å². The molecular formula is C11H8N2S. The van der Waals surface area contributed by atoms with Gasteiger partial charge in [0.1, 0.15) is 5.82 Å². The monoisotopic (exact) mass is 200 g/mol. The second-order valence-electron chi connectivity index (χ2n) is 3.11. The minimum Gasteiger partial charge on any atom is -0.345 e. The van der Waals surface area contributed by atoms with Crippen LogP contribution in [0.2, 0.25) is 0 Å². The molecule has 0 amide bonds. The normalized spacial score (nSPS) is 10.9. The summed E-state index contributed by atoms with van der Waals surface area (Å²) in [5, 5.41) is 3.39. The fourth-order valence-corrected chi connectivity index (χ4v) is 2.31. The Bertz CT molecular complexity index is 551. The second kappa shape index (κ2) is 2.96. The summed E-state index contributed by atoms with van der Waals surface area (Å²) in [4.78, 5) is 7.33. The van der Waals surface area contributed by atoms with E-state index in [4.69, 9.17) is 0 Å². The maximum Gasteiger partial charge on any atom is 0.137 e. The van der Waals surface area contributed by atoms with E-state index in [0.717, 1.165) is 11.4 Å². The Morgan fingerprint density at radius 3 is 3.07 bits per heavy atom. The summed E-state index contributed by atoms with van der Waals surface area (Å²) < 4.78 is 1.32. The molecule has 2 aromatic heterocycles. The molecule has 2 nitrogen and oxygen atoms in total. The van der Waals surface area contributed by atoms with Crippen LogP contribution in [-0.4, -0.2) is 9.97 Å². The Balaban J connectivity index is 2.23. The van der Waals surface area contributed by atoms with Gasteiger partial charge in [-0.2, -0.15) is 0 Å². The molecule has 1 aromatic carbocycles. The Morgan fingerprint density at radius 2 is 2.21 bits per heavy atom. The molecule has 0 saturated carbocycles. The van der Waals surface area contributed by atoms with E-state index in [9.17, 15) is 0 Å². The van der Waals surface area contributed by atoms with Crippen molar-refractivity contribution in [1.29, 1.82) is 0 Å². The number of H-pyrrole nitrogens is 1. The zero-order valence-electron chi connectivity index (χ0n) is 7.40. The molecule has 0 saturated heterocycles. The van der Waals surface area contributed by atoms with Crippen molar-refractivity contribution in [2.75, 3.05) is 0 Å². The van der Waals surface area contributed by atoms with E-state index in [1.807, 2.05) is 6.20 Å².